The molecule has 5 heteroatoms. The van der Waals surface area contributed by atoms with Crippen molar-refractivity contribution in [2.24, 2.45) is 0 Å². The SMILES string of the molecule is CC(NC1CCN(C(=O)OC(C)(C)C)CC1)c1ccc(O)cc1. The van der Waals surface area contributed by atoms with E-state index in [-0.39, 0.29) is 17.9 Å². The third-order valence-electron chi connectivity index (χ3n) is 4.03. The summed E-state index contributed by atoms with van der Waals surface area (Å²) in [6.45, 7) is 9.21. The van der Waals surface area contributed by atoms with E-state index in [4.69, 9.17) is 4.74 Å². The van der Waals surface area contributed by atoms with Crippen molar-refractivity contribution in [2.45, 2.75) is 58.2 Å². The first-order valence-corrected chi connectivity index (χ1v) is 8.27. The molecule has 1 heterocycles. The van der Waals surface area contributed by atoms with Crippen LogP contribution >= 0.6 is 0 Å². The number of phenols is 1. The molecule has 0 aromatic heterocycles. The number of benzene rings is 1. The average Bonchev–Trinajstić information content (AvgIpc) is 2.46. The Morgan fingerprint density at radius 1 is 1.26 bits per heavy atom. The van der Waals surface area contributed by atoms with E-state index >= 15 is 0 Å². The monoisotopic (exact) mass is 320 g/mol. The Labute approximate surface area is 138 Å². The number of carbonyl (C=O) groups is 1. The van der Waals surface area contributed by atoms with Crippen LogP contribution in [0.1, 0.15) is 52.1 Å². The van der Waals surface area contributed by atoms with E-state index in [1.807, 2.05) is 32.9 Å². The van der Waals surface area contributed by atoms with Gasteiger partial charge < -0.3 is 20.1 Å². The van der Waals surface area contributed by atoms with E-state index in [9.17, 15) is 9.90 Å². The zero-order valence-electron chi connectivity index (χ0n) is 14.5. The van der Waals surface area contributed by atoms with Crippen LogP contribution in [0.5, 0.6) is 5.75 Å². The number of piperidine rings is 1. The molecular formula is C18H28N2O3. The van der Waals surface area contributed by atoms with E-state index in [0.29, 0.717) is 6.04 Å². The zero-order chi connectivity index (χ0) is 17.0. The zero-order valence-corrected chi connectivity index (χ0v) is 14.5. The summed E-state index contributed by atoms with van der Waals surface area (Å²) < 4.78 is 5.42. The maximum Gasteiger partial charge on any atom is 0.410 e. The molecule has 1 atom stereocenters. The van der Waals surface area contributed by atoms with Crippen LogP contribution in [0.3, 0.4) is 0 Å². The van der Waals surface area contributed by atoms with Crippen LogP contribution in [-0.4, -0.2) is 40.8 Å². The molecule has 1 unspecified atom stereocenters. The molecule has 1 saturated heterocycles. The van der Waals surface area contributed by atoms with Crippen LogP contribution in [0.15, 0.2) is 24.3 Å². The fourth-order valence-corrected chi connectivity index (χ4v) is 2.77. The van der Waals surface area contributed by atoms with Gasteiger partial charge in [0.05, 0.1) is 0 Å². The molecule has 1 aromatic rings. The molecule has 0 bridgehead atoms. The number of carbonyl (C=O) groups excluding carboxylic acids is 1. The van der Waals surface area contributed by atoms with Crippen LogP contribution in [0.25, 0.3) is 0 Å². The lowest BCUT2D eigenvalue weighted by atomic mass is 10.0. The fourth-order valence-electron chi connectivity index (χ4n) is 2.77. The lowest BCUT2D eigenvalue weighted by Crippen LogP contribution is -2.46. The maximum atomic E-state index is 12.1. The number of nitrogens with zero attached hydrogens (tertiary/aromatic N) is 1. The summed E-state index contributed by atoms with van der Waals surface area (Å²) in [5, 5.41) is 13.0. The van der Waals surface area contributed by atoms with Crippen LogP contribution in [-0.2, 0) is 4.74 Å². The molecule has 0 radical (unpaired) electrons. The first-order valence-electron chi connectivity index (χ1n) is 8.27. The van der Waals surface area contributed by atoms with Gasteiger partial charge in [0, 0.05) is 25.2 Å². The normalized spacial score (nSPS) is 17.8. The van der Waals surface area contributed by atoms with Gasteiger partial charge >= 0.3 is 6.09 Å². The summed E-state index contributed by atoms with van der Waals surface area (Å²) in [5.74, 6) is 0.284. The standard InChI is InChI=1S/C18H28N2O3/c1-13(14-5-7-16(21)8-6-14)19-15-9-11-20(12-10-15)17(22)23-18(2,3)4/h5-8,13,15,19,21H,9-12H2,1-4H3. The van der Waals surface area contributed by atoms with Crippen molar-refractivity contribution in [1.82, 2.24) is 10.2 Å². The van der Waals surface area contributed by atoms with E-state index < -0.39 is 5.60 Å². The van der Waals surface area contributed by atoms with Gasteiger partial charge in [-0.05, 0) is 58.2 Å². The van der Waals surface area contributed by atoms with E-state index in [1.165, 1.54) is 0 Å². The minimum atomic E-state index is -0.445. The lowest BCUT2D eigenvalue weighted by molar-refractivity contribution is 0.0196. The Kier molecular flexibility index (Phi) is 5.52. The smallest absolute Gasteiger partial charge is 0.410 e. The number of phenolic OH excluding ortho intramolecular Hbond substituents is 1. The Bertz CT molecular complexity index is 514. The number of hydrogen-bond acceptors (Lipinski definition) is 4. The number of hydrogen-bond donors (Lipinski definition) is 2. The van der Waals surface area contributed by atoms with Gasteiger partial charge in [-0.25, -0.2) is 4.79 Å². The number of aromatic hydroxyl groups is 1. The Morgan fingerprint density at radius 3 is 2.35 bits per heavy atom. The van der Waals surface area contributed by atoms with Crippen molar-refractivity contribution < 1.29 is 14.6 Å². The largest absolute Gasteiger partial charge is 0.508 e. The van der Waals surface area contributed by atoms with Gasteiger partial charge in [-0.15, -0.1) is 0 Å². The summed E-state index contributed by atoms with van der Waals surface area (Å²) in [6, 6.07) is 7.88. The van der Waals surface area contributed by atoms with Crippen LogP contribution in [0.4, 0.5) is 4.79 Å². The summed E-state index contributed by atoms with van der Waals surface area (Å²) in [6.07, 6.45) is 1.62. The number of rotatable bonds is 3. The highest BCUT2D eigenvalue weighted by molar-refractivity contribution is 5.68. The molecule has 0 aliphatic carbocycles. The van der Waals surface area contributed by atoms with Gasteiger partial charge in [0.25, 0.3) is 0 Å². The second-order valence-corrected chi connectivity index (χ2v) is 7.22. The van der Waals surface area contributed by atoms with E-state index in [2.05, 4.69) is 12.2 Å². The van der Waals surface area contributed by atoms with Crippen LogP contribution in [0.2, 0.25) is 0 Å². The Balaban J connectivity index is 1.80. The number of ether oxygens (including phenoxy) is 1. The molecule has 1 amide bonds. The maximum absolute atomic E-state index is 12.1. The summed E-state index contributed by atoms with van der Waals surface area (Å²) in [5.41, 5.74) is 0.705. The van der Waals surface area contributed by atoms with Gasteiger partial charge in [0.15, 0.2) is 0 Å². The molecule has 5 nitrogen and oxygen atoms in total. The average molecular weight is 320 g/mol. The van der Waals surface area contributed by atoms with E-state index in [1.54, 1.807) is 17.0 Å². The van der Waals surface area contributed by atoms with Crippen LogP contribution < -0.4 is 5.32 Å². The van der Waals surface area contributed by atoms with Gasteiger partial charge in [0.1, 0.15) is 11.4 Å². The molecular weight excluding hydrogens is 292 g/mol. The molecule has 1 aromatic carbocycles. The predicted octanol–water partition coefficient (Wildman–Crippen LogP) is 3.44. The lowest BCUT2D eigenvalue weighted by Gasteiger charge is -2.35. The first-order chi connectivity index (χ1) is 10.7. The van der Waals surface area contributed by atoms with Crippen molar-refractivity contribution in [1.29, 1.82) is 0 Å². The summed E-state index contributed by atoms with van der Waals surface area (Å²) in [4.78, 5) is 13.8. The molecule has 2 N–H and O–H groups in total. The van der Waals surface area contributed by atoms with Crippen molar-refractivity contribution in [3.8, 4) is 5.75 Å². The second kappa shape index (κ2) is 7.21. The fraction of sp³-hybridized carbons (Fsp3) is 0.611. The highest BCUT2D eigenvalue weighted by Gasteiger charge is 2.27. The molecule has 23 heavy (non-hydrogen) atoms. The van der Waals surface area contributed by atoms with Gasteiger partial charge in [-0.3, -0.25) is 0 Å². The Hall–Kier alpha value is -1.75. The predicted molar refractivity (Wildman–Crippen MR) is 90.5 cm³/mol. The number of likely N-dealkylation sites (tertiary alicyclic amines) is 1. The second-order valence-electron chi connectivity index (χ2n) is 7.22. The Morgan fingerprint density at radius 2 is 1.83 bits per heavy atom. The van der Waals surface area contributed by atoms with Crippen molar-refractivity contribution >= 4 is 6.09 Å². The topological polar surface area (TPSA) is 61.8 Å². The minimum Gasteiger partial charge on any atom is -0.508 e. The molecule has 1 aliphatic heterocycles. The van der Waals surface area contributed by atoms with Crippen molar-refractivity contribution in [2.75, 3.05) is 13.1 Å². The van der Waals surface area contributed by atoms with Crippen LogP contribution in [0, 0.1) is 0 Å². The first kappa shape index (κ1) is 17.6. The number of nitrogens with one attached hydrogen (secondary N) is 1. The highest BCUT2D eigenvalue weighted by Crippen LogP contribution is 2.20. The molecule has 128 valence electrons. The van der Waals surface area contributed by atoms with Crippen molar-refractivity contribution in [3.63, 3.8) is 0 Å². The molecule has 1 fully saturated rings. The van der Waals surface area contributed by atoms with Gasteiger partial charge in [0.2, 0.25) is 0 Å². The highest BCUT2D eigenvalue weighted by atomic mass is 16.6. The quantitative estimate of drug-likeness (QED) is 0.895. The van der Waals surface area contributed by atoms with Gasteiger partial charge in [-0.1, -0.05) is 12.1 Å². The molecule has 2 rings (SSSR count). The minimum absolute atomic E-state index is 0.216. The van der Waals surface area contributed by atoms with Crippen molar-refractivity contribution in [3.05, 3.63) is 29.8 Å². The molecule has 1 aliphatic rings. The van der Waals surface area contributed by atoms with E-state index in [0.717, 1.165) is 31.5 Å². The molecule has 0 saturated carbocycles. The molecule has 0 spiro atoms. The number of amides is 1. The summed E-state index contributed by atoms with van der Waals surface area (Å²) >= 11 is 0. The third-order valence-corrected chi connectivity index (χ3v) is 4.03. The summed E-state index contributed by atoms with van der Waals surface area (Å²) in [7, 11) is 0. The third kappa shape index (κ3) is 5.43. The van der Waals surface area contributed by atoms with Gasteiger partial charge in [-0.2, -0.15) is 0 Å².